The van der Waals surface area contributed by atoms with Crippen molar-refractivity contribution in [2.45, 2.75) is 4.90 Å². The largest absolute Gasteiger partial charge is 0.262 e. The second-order valence-corrected chi connectivity index (χ2v) is 5.87. The normalized spacial score (nSPS) is 11.7. The quantitative estimate of drug-likeness (QED) is 0.590. The predicted octanol–water partition coefficient (Wildman–Crippen LogP) is 3.17. The van der Waals surface area contributed by atoms with Crippen molar-refractivity contribution in [3.63, 3.8) is 0 Å². The van der Waals surface area contributed by atoms with E-state index in [-0.39, 0.29) is 14.4 Å². The molecule has 72 valence electrons. The van der Waals surface area contributed by atoms with Crippen molar-refractivity contribution in [1.29, 1.82) is 0 Å². The zero-order chi connectivity index (χ0) is 10.2. The number of rotatable bonds is 1. The molecule has 1 rings (SSSR count). The maximum Gasteiger partial charge on any atom is 0.262 e. The highest BCUT2D eigenvalue weighted by Crippen LogP contribution is 2.32. The molecule has 0 saturated carbocycles. The zero-order valence-electron chi connectivity index (χ0n) is 5.89. The van der Waals surface area contributed by atoms with E-state index in [1.807, 2.05) is 0 Å². The van der Waals surface area contributed by atoms with Crippen molar-refractivity contribution in [2.24, 2.45) is 0 Å². The first-order chi connectivity index (χ1) is 5.82. The molecule has 0 unspecified atom stereocenters. The Hall–Kier alpha value is 0.160. The highest BCUT2D eigenvalue weighted by atomic mass is 79.9. The molecular weight excluding hydrogens is 306 g/mol. The van der Waals surface area contributed by atoms with Crippen molar-refractivity contribution >= 4 is 47.3 Å². The maximum absolute atomic E-state index is 12.7. The van der Waals surface area contributed by atoms with E-state index in [9.17, 15) is 12.8 Å². The van der Waals surface area contributed by atoms with Gasteiger partial charge >= 0.3 is 0 Å². The minimum Gasteiger partial charge on any atom is -0.207 e. The van der Waals surface area contributed by atoms with E-state index in [1.165, 1.54) is 0 Å². The predicted molar refractivity (Wildman–Crippen MR) is 52.1 cm³/mol. The van der Waals surface area contributed by atoms with Gasteiger partial charge in [0.1, 0.15) is 10.7 Å². The van der Waals surface area contributed by atoms with Crippen LogP contribution in [0.15, 0.2) is 21.5 Å². The summed E-state index contributed by atoms with van der Waals surface area (Å²) in [5, 5.41) is -0.0424. The molecule has 0 aliphatic carbocycles. The number of hydrogen-bond acceptors (Lipinski definition) is 2. The summed E-state index contributed by atoms with van der Waals surface area (Å²) in [6, 6.07) is 1.77. The Labute approximate surface area is 92.2 Å². The highest BCUT2D eigenvalue weighted by Gasteiger charge is 2.18. The van der Waals surface area contributed by atoms with Crippen molar-refractivity contribution in [1.82, 2.24) is 0 Å². The van der Waals surface area contributed by atoms with Gasteiger partial charge < -0.3 is 0 Å². The maximum atomic E-state index is 12.7. The molecule has 0 aliphatic heterocycles. The zero-order valence-corrected chi connectivity index (χ0v) is 9.81. The van der Waals surface area contributed by atoms with Crippen LogP contribution in [0.2, 0.25) is 5.02 Å². The van der Waals surface area contributed by atoms with Gasteiger partial charge in [0.15, 0.2) is 0 Å². The van der Waals surface area contributed by atoms with E-state index < -0.39 is 14.9 Å². The molecule has 0 amide bonds. The molecule has 7 heteroatoms. The second kappa shape index (κ2) is 3.73. The number of halogens is 4. The lowest BCUT2D eigenvalue weighted by Gasteiger charge is -2.02. The molecule has 1 aromatic rings. The summed E-state index contributed by atoms with van der Waals surface area (Å²) < 4.78 is 34.5. The second-order valence-electron chi connectivity index (χ2n) is 2.14. The third-order valence-electron chi connectivity index (χ3n) is 1.22. The first-order valence-electron chi connectivity index (χ1n) is 2.91. The Balaban J connectivity index is 3.56. The highest BCUT2D eigenvalue weighted by molar-refractivity contribution is 9.10. The minimum atomic E-state index is -3.98. The van der Waals surface area contributed by atoms with E-state index in [2.05, 4.69) is 15.9 Å². The molecule has 0 N–H and O–H groups in total. The Morgan fingerprint density at radius 2 is 1.92 bits per heavy atom. The van der Waals surface area contributed by atoms with E-state index in [0.29, 0.717) is 0 Å². The molecule has 0 radical (unpaired) electrons. The molecule has 0 fully saturated rings. The van der Waals surface area contributed by atoms with Crippen LogP contribution in [0.4, 0.5) is 4.39 Å². The van der Waals surface area contributed by atoms with Crippen LogP contribution >= 0.6 is 38.2 Å². The summed E-state index contributed by atoms with van der Waals surface area (Å²) in [5.41, 5.74) is 0. The van der Waals surface area contributed by atoms with Crippen LogP contribution in [0.1, 0.15) is 0 Å². The lowest BCUT2D eigenvalue weighted by atomic mass is 10.3. The van der Waals surface area contributed by atoms with Gasteiger partial charge in [-0.2, -0.15) is 0 Å². The summed E-state index contributed by atoms with van der Waals surface area (Å²) in [4.78, 5) is -0.376. The SMILES string of the molecule is O=S(=O)(Cl)c1cc(F)cc(Cl)c1Br. The van der Waals surface area contributed by atoms with Gasteiger partial charge in [0.05, 0.1) is 9.50 Å². The minimum absolute atomic E-state index is 0.0424. The van der Waals surface area contributed by atoms with E-state index in [4.69, 9.17) is 22.3 Å². The molecule has 1 aromatic carbocycles. The summed E-state index contributed by atoms with van der Waals surface area (Å²) >= 11 is 8.40. The fraction of sp³-hybridized carbons (Fsp3) is 0. The molecule has 2 nitrogen and oxygen atoms in total. The van der Waals surface area contributed by atoms with Crippen LogP contribution in [0.5, 0.6) is 0 Å². The molecule has 13 heavy (non-hydrogen) atoms. The summed E-state index contributed by atoms with van der Waals surface area (Å²) in [6.45, 7) is 0. The molecule has 0 aliphatic rings. The monoisotopic (exact) mass is 306 g/mol. The first-order valence-corrected chi connectivity index (χ1v) is 6.39. The summed E-state index contributed by atoms with van der Waals surface area (Å²) in [7, 11) is 1.05. The third-order valence-corrected chi connectivity index (χ3v) is 4.21. The van der Waals surface area contributed by atoms with Gasteiger partial charge in [-0.15, -0.1) is 0 Å². The van der Waals surface area contributed by atoms with Crippen molar-refractivity contribution in [3.05, 3.63) is 27.4 Å². The van der Waals surface area contributed by atoms with Crippen molar-refractivity contribution in [3.8, 4) is 0 Å². The van der Waals surface area contributed by atoms with Gasteiger partial charge in [-0.05, 0) is 28.1 Å². The van der Waals surface area contributed by atoms with Crippen LogP contribution in [0.25, 0.3) is 0 Å². The average Bonchev–Trinajstić information content (AvgIpc) is 1.94. The Morgan fingerprint density at radius 3 is 2.38 bits per heavy atom. The smallest absolute Gasteiger partial charge is 0.207 e. The van der Waals surface area contributed by atoms with Crippen LogP contribution in [-0.2, 0) is 9.05 Å². The number of hydrogen-bond donors (Lipinski definition) is 0. The van der Waals surface area contributed by atoms with E-state index in [0.717, 1.165) is 12.1 Å². The summed E-state index contributed by atoms with van der Waals surface area (Å²) in [6.07, 6.45) is 0. The van der Waals surface area contributed by atoms with Crippen LogP contribution in [0.3, 0.4) is 0 Å². The van der Waals surface area contributed by atoms with Crippen LogP contribution < -0.4 is 0 Å². The molecule has 0 bridgehead atoms. The summed E-state index contributed by atoms with van der Waals surface area (Å²) in [5.74, 6) is -0.757. The number of benzene rings is 1. The molecule has 0 atom stereocenters. The molecule has 0 aromatic heterocycles. The lowest BCUT2D eigenvalue weighted by Crippen LogP contribution is -1.94. The standard InChI is InChI=1S/C6H2BrCl2FO2S/c7-6-4(8)1-3(10)2-5(6)13(9,11)12/h1-2H. The van der Waals surface area contributed by atoms with Crippen LogP contribution in [-0.4, -0.2) is 8.42 Å². The van der Waals surface area contributed by atoms with Gasteiger partial charge in [-0.3, -0.25) is 0 Å². The van der Waals surface area contributed by atoms with Gasteiger partial charge in [0, 0.05) is 10.7 Å². The topological polar surface area (TPSA) is 34.1 Å². The van der Waals surface area contributed by atoms with Crippen molar-refractivity contribution < 1.29 is 12.8 Å². The Bertz CT molecular complexity index is 446. The first kappa shape index (κ1) is 11.2. The fourth-order valence-corrected chi connectivity index (χ4v) is 3.06. The lowest BCUT2D eigenvalue weighted by molar-refractivity contribution is 0.601. The third kappa shape index (κ3) is 2.56. The van der Waals surface area contributed by atoms with Gasteiger partial charge in [-0.1, -0.05) is 11.6 Å². The van der Waals surface area contributed by atoms with Gasteiger partial charge in [0.25, 0.3) is 9.05 Å². The molecular formula is C6H2BrCl2FO2S. The average molecular weight is 308 g/mol. The van der Waals surface area contributed by atoms with Crippen LogP contribution in [0, 0.1) is 5.82 Å². The molecule has 0 spiro atoms. The fourth-order valence-electron chi connectivity index (χ4n) is 0.710. The Morgan fingerprint density at radius 1 is 1.38 bits per heavy atom. The van der Waals surface area contributed by atoms with Gasteiger partial charge in [-0.25, -0.2) is 12.8 Å². The molecule has 0 heterocycles. The van der Waals surface area contributed by atoms with Gasteiger partial charge in [0.2, 0.25) is 0 Å². The van der Waals surface area contributed by atoms with E-state index >= 15 is 0 Å². The van der Waals surface area contributed by atoms with E-state index in [1.54, 1.807) is 0 Å². The van der Waals surface area contributed by atoms with Crippen molar-refractivity contribution in [2.75, 3.05) is 0 Å². The Kier molecular flexibility index (Phi) is 3.22. The molecule has 0 saturated heterocycles.